The van der Waals surface area contributed by atoms with Crippen molar-refractivity contribution in [1.82, 2.24) is 15.5 Å². The highest BCUT2D eigenvalue weighted by molar-refractivity contribution is 5.85. The Morgan fingerprint density at radius 2 is 1.83 bits per heavy atom. The standard InChI is InChI=1S/C18H27N3O2.ClH/c1-3-16(14-7-5-4-6-8-14)18(23)21-11-9-15(10-12-21)20-17(22)13-19-2;/h4-8,15-16,19H,3,9-13H2,1-2H3,(H,20,22);1H. The van der Waals surface area contributed by atoms with Gasteiger partial charge < -0.3 is 15.5 Å². The molecule has 2 amide bonds. The average molecular weight is 354 g/mol. The van der Waals surface area contributed by atoms with Gasteiger partial charge in [-0.3, -0.25) is 9.59 Å². The minimum absolute atomic E-state index is 0. The number of likely N-dealkylation sites (tertiary alicyclic amines) is 1. The van der Waals surface area contributed by atoms with E-state index < -0.39 is 0 Å². The molecule has 0 saturated carbocycles. The van der Waals surface area contributed by atoms with Gasteiger partial charge in [-0.25, -0.2) is 0 Å². The van der Waals surface area contributed by atoms with Crippen molar-refractivity contribution in [3.8, 4) is 0 Å². The first-order chi connectivity index (χ1) is 11.2. The molecule has 0 aromatic heterocycles. The Kier molecular flexibility index (Phi) is 8.79. The van der Waals surface area contributed by atoms with Crippen LogP contribution in [0.5, 0.6) is 0 Å². The normalized spacial score (nSPS) is 16.2. The molecular weight excluding hydrogens is 326 g/mol. The van der Waals surface area contributed by atoms with E-state index in [-0.39, 0.29) is 36.2 Å². The second-order valence-electron chi connectivity index (χ2n) is 6.07. The third-order valence-corrected chi connectivity index (χ3v) is 4.42. The summed E-state index contributed by atoms with van der Waals surface area (Å²) >= 11 is 0. The molecule has 1 atom stereocenters. The van der Waals surface area contributed by atoms with Crippen LogP contribution in [0, 0.1) is 0 Å². The van der Waals surface area contributed by atoms with Gasteiger partial charge >= 0.3 is 0 Å². The lowest BCUT2D eigenvalue weighted by atomic mass is 9.93. The van der Waals surface area contributed by atoms with E-state index in [1.165, 1.54) is 0 Å². The summed E-state index contributed by atoms with van der Waals surface area (Å²) in [5.74, 6) is 0.165. The SMILES string of the molecule is CCC(C(=O)N1CCC(NC(=O)CNC)CC1)c1ccccc1.Cl. The number of halogens is 1. The van der Waals surface area contributed by atoms with E-state index in [0.717, 1.165) is 24.8 Å². The number of amides is 2. The topological polar surface area (TPSA) is 61.4 Å². The first-order valence-corrected chi connectivity index (χ1v) is 8.43. The van der Waals surface area contributed by atoms with Crippen LogP contribution in [-0.2, 0) is 9.59 Å². The van der Waals surface area contributed by atoms with Gasteiger partial charge in [-0.05, 0) is 31.9 Å². The molecule has 6 heteroatoms. The van der Waals surface area contributed by atoms with E-state index in [1.807, 2.05) is 35.2 Å². The quantitative estimate of drug-likeness (QED) is 0.821. The third kappa shape index (κ3) is 5.49. The van der Waals surface area contributed by atoms with Crippen LogP contribution in [0.1, 0.15) is 37.7 Å². The van der Waals surface area contributed by atoms with Gasteiger partial charge in [0.25, 0.3) is 0 Å². The third-order valence-electron chi connectivity index (χ3n) is 4.42. The van der Waals surface area contributed by atoms with Crippen molar-refractivity contribution in [2.45, 2.75) is 38.1 Å². The number of nitrogens with zero attached hydrogens (tertiary/aromatic N) is 1. The molecule has 5 nitrogen and oxygen atoms in total. The van der Waals surface area contributed by atoms with Gasteiger partial charge in [0.2, 0.25) is 11.8 Å². The van der Waals surface area contributed by atoms with Crippen molar-refractivity contribution < 1.29 is 9.59 Å². The summed E-state index contributed by atoms with van der Waals surface area (Å²) in [6.07, 6.45) is 2.46. The van der Waals surface area contributed by atoms with Crippen LogP contribution in [0.2, 0.25) is 0 Å². The second kappa shape index (κ2) is 10.3. The summed E-state index contributed by atoms with van der Waals surface area (Å²) in [6, 6.07) is 10.2. The largest absolute Gasteiger partial charge is 0.352 e. The van der Waals surface area contributed by atoms with E-state index in [9.17, 15) is 9.59 Å². The Morgan fingerprint density at radius 1 is 1.21 bits per heavy atom. The highest BCUT2D eigenvalue weighted by atomic mass is 35.5. The molecule has 0 bridgehead atoms. The van der Waals surface area contributed by atoms with Crippen LogP contribution in [0.3, 0.4) is 0 Å². The fourth-order valence-corrected chi connectivity index (χ4v) is 3.14. The molecule has 1 heterocycles. The first-order valence-electron chi connectivity index (χ1n) is 8.43. The number of hydrogen-bond acceptors (Lipinski definition) is 3. The van der Waals surface area contributed by atoms with Crippen LogP contribution < -0.4 is 10.6 Å². The number of rotatable bonds is 6. The smallest absolute Gasteiger partial charge is 0.234 e. The van der Waals surface area contributed by atoms with Crippen molar-refractivity contribution in [3.05, 3.63) is 35.9 Å². The molecule has 1 saturated heterocycles. The van der Waals surface area contributed by atoms with Gasteiger partial charge in [-0.1, -0.05) is 37.3 Å². The van der Waals surface area contributed by atoms with E-state index in [0.29, 0.717) is 19.6 Å². The molecule has 1 unspecified atom stereocenters. The highest BCUT2D eigenvalue weighted by Crippen LogP contribution is 2.24. The van der Waals surface area contributed by atoms with Crippen LogP contribution in [-0.4, -0.2) is 49.4 Å². The van der Waals surface area contributed by atoms with Crippen molar-refractivity contribution in [2.24, 2.45) is 0 Å². The Bertz CT molecular complexity index is 516. The molecule has 1 aliphatic heterocycles. The molecule has 0 spiro atoms. The first kappa shape index (κ1) is 20.5. The Balaban J connectivity index is 0.00000288. The van der Waals surface area contributed by atoms with E-state index >= 15 is 0 Å². The summed E-state index contributed by atoms with van der Waals surface area (Å²) < 4.78 is 0. The van der Waals surface area contributed by atoms with Crippen molar-refractivity contribution in [1.29, 1.82) is 0 Å². The summed E-state index contributed by atoms with van der Waals surface area (Å²) in [6.45, 7) is 3.82. The van der Waals surface area contributed by atoms with Crippen molar-refractivity contribution >= 4 is 24.2 Å². The summed E-state index contributed by atoms with van der Waals surface area (Å²) in [5.41, 5.74) is 1.09. The fourth-order valence-electron chi connectivity index (χ4n) is 3.14. The lowest BCUT2D eigenvalue weighted by molar-refractivity contribution is -0.134. The van der Waals surface area contributed by atoms with Crippen LogP contribution in [0.4, 0.5) is 0 Å². The van der Waals surface area contributed by atoms with Crippen LogP contribution in [0.25, 0.3) is 0 Å². The minimum Gasteiger partial charge on any atom is -0.352 e. The molecule has 24 heavy (non-hydrogen) atoms. The number of hydrogen-bond donors (Lipinski definition) is 2. The maximum Gasteiger partial charge on any atom is 0.234 e. The minimum atomic E-state index is -0.0633. The lowest BCUT2D eigenvalue weighted by Gasteiger charge is -2.34. The molecule has 2 rings (SSSR count). The number of piperidine rings is 1. The number of likely N-dealkylation sites (N-methyl/N-ethyl adjacent to an activating group) is 1. The fraction of sp³-hybridized carbons (Fsp3) is 0.556. The highest BCUT2D eigenvalue weighted by Gasteiger charge is 2.28. The number of benzene rings is 1. The molecular formula is C18H28ClN3O2. The summed E-state index contributed by atoms with van der Waals surface area (Å²) in [7, 11) is 1.76. The molecule has 1 aromatic rings. The second-order valence-corrected chi connectivity index (χ2v) is 6.07. The average Bonchev–Trinajstić information content (AvgIpc) is 2.57. The molecule has 0 aliphatic carbocycles. The van der Waals surface area contributed by atoms with Crippen molar-refractivity contribution in [3.63, 3.8) is 0 Å². The lowest BCUT2D eigenvalue weighted by Crippen LogP contribution is -2.48. The van der Waals surface area contributed by atoms with Gasteiger partial charge in [0.1, 0.15) is 0 Å². The predicted molar refractivity (Wildman–Crippen MR) is 98.4 cm³/mol. The van der Waals surface area contributed by atoms with E-state index in [4.69, 9.17) is 0 Å². The van der Waals surface area contributed by atoms with E-state index in [1.54, 1.807) is 7.05 Å². The zero-order chi connectivity index (χ0) is 16.7. The maximum atomic E-state index is 12.8. The van der Waals surface area contributed by atoms with Gasteiger partial charge in [-0.15, -0.1) is 12.4 Å². The van der Waals surface area contributed by atoms with E-state index in [2.05, 4.69) is 17.6 Å². The van der Waals surface area contributed by atoms with Crippen LogP contribution >= 0.6 is 12.4 Å². The van der Waals surface area contributed by atoms with Gasteiger partial charge in [-0.2, -0.15) is 0 Å². The molecule has 134 valence electrons. The summed E-state index contributed by atoms with van der Waals surface area (Å²) in [4.78, 5) is 26.3. The zero-order valence-electron chi connectivity index (χ0n) is 14.5. The monoisotopic (exact) mass is 353 g/mol. The Morgan fingerprint density at radius 3 is 2.38 bits per heavy atom. The van der Waals surface area contributed by atoms with Crippen molar-refractivity contribution in [2.75, 3.05) is 26.7 Å². The Labute approximate surface area is 150 Å². The Hall–Kier alpha value is -1.59. The zero-order valence-corrected chi connectivity index (χ0v) is 15.3. The molecule has 1 aromatic carbocycles. The molecule has 1 aliphatic rings. The number of nitrogens with one attached hydrogen (secondary N) is 2. The molecule has 1 fully saturated rings. The van der Waals surface area contributed by atoms with Crippen LogP contribution in [0.15, 0.2) is 30.3 Å². The van der Waals surface area contributed by atoms with Gasteiger partial charge in [0.15, 0.2) is 0 Å². The molecule has 0 radical (unpaired) electrons. The number of carbonyl (C=O) groups excluding carboxylic acids is 2. The van der Waals surface area contributed by atoms with Gasteiger partial charge in [0.05, 0.1) is 12.5 Å². The van der Waals surface area contributed by atoms with Gasteiger partial charge in [0, 0.05) is 19.1 Å². The number of carbonyl (C=O) groups is 2. The molecule has 2 N–H and O–H groups in total. The maximum absolute atomic E-state index is 12.8. The predicted octanol–water partition coefficient (Wildman–Crippen LogP) is 1.93. The summed E-state index contributed by atoms with van der Waals surface area (Å²) in [5, 5.41) is 5.86.